The Morgan fingerprint density at radius 3 is 2.36 bits per heavy atom. The van der Waals surface area contributed by atoms with E-state index in [9.17, 15) is 14.0 Å². The number of rotatable bonds is 5. The number of amides is 1. The molecule has 28 heavy (non-hydrogen) atoms. The number of benzene rings is 3. The van der Waals surface area contributed by atoms with Crippen LogP contribution in [0.1, 0.15) is 27.6 Å². The van der Waals surface area contributed by atoms with Crippen LogP contribution in [0.15, 0.2) is 78.9 Å². The lowest BCUT2D eigenvalue weighted by Crippen LogP contribution is -2.26. The minimum Gasteiger partial charge on any atom is -0.444 e. The van der Waals surface area contributed by atoms with Crippen LogP contribution in [0.5, 0.6) is 0 Å². The van der Waals surface area contributed by atoms with Gasteiger partial charge in [0.2, 0.25) is 6.10 Å². The monoisotopic (exact) mass is 374 g/mol. The van der Waals surface area contributed by atoms with E-state index in [1.54, 1.807) is 42.5 Å². The van der Waals surface area contributed by atoms with Crippen LogP contribution in [0.3, 0.4) is 0 Å². The van der Waals surface area contributed by atoms with E-state index in [1.807, 2.05) is 6.07 Å². The summed E-state index contributed by atoms with van der Waals surface area (Å²) in [6.45, 7) is 0. The number of hydrogen-bond donors (Lipinski definition) is 1. The molecule has 0 aliphatic heterocycles. The van der Waals surface area contributed by atoms with Gasteiger partial charge in [0.1, 0.15) is 5.82 Å². The van der Waals surface area contributed by atoms with Gasteiger partial charge in [0, 0.05) is 11.3 Å². The molecule has 0 aliphatic carbocycles. The molecule has 3 aromatic rings. The standard InChI is InChI=1S/C22H15FN2O3/c23-18-9-11-19(12-10-18)25-21(26)20(16-6-2-1-3-7-16)28-22(27)17-8-4-5-15(13-17)14-24/h1-13,20H,(H,25,26)/t20-/m1/s1. The van der Waals surface area contributed by atoms with Crippen LogP contribution in [-0.2, 0) is 9.53 Å². The minimum absolute atomic E-state index is 0.162. The summed E-state index contributed by atoms with van der Waals surface area (Å²) in [6, 6.07) is 21.8. The second-order valence-electron chi connectivity index (χ2n) is 5.88. The lowest BCUT2D eigenvalue weighted by molar-refractivity contribution is -0.125. The Labute approximate surface area is 161 Å². The van der Waals surface area contributed by atoms with Gasteiger partial charge in [0.15, 0.2) is 0 Å². The first-order valence-electron chi connectivity index (χ1n) is 8.39. The first-order chi connectivity index (χ1) is 13.6. The Balaban J connectivity index is 1.84. The molecule has 0 unspecified atom stereocenters. The second-order valence-corrected chi connectivity index (χ2v) is 5.88. The first-order valence-corrected chi connectivity index (χ1v) is 8.39. The second kappa shape index (κ2) is 8.60. The van der Waals surface area contributed by atoms with Gasteiger partial charge in [-0.3, -0.25) is 4.79 Å². The fourth-order valence-corrected chi connectivity index (χ4v) is 2.53. The maximum atomic E-state index is 13.1. The highest BCUT2D eigenvalue weighted by molar-refractivity contribution is 5.98. The summed E-state index contributed by atoms with van der Waals surface area (Å²) in [4.78, 5) is 25.3. The molecular weight excluding hydrogens is 359 g/mol. The average molecular weight is 374 g/mol. The number of hydrogen-bond acceptors (Lipinski definition) is 4. The summed E-state index contributed by atoms with van der Waals surface area (Å²) in [5, 5.41) is 11.6. The van der Waals surface area contributed by atoms with Gasteiger partial charge in [-0.1, -0.05) is 36.4 Å². The molecule has 3 rings (SSSR count). The topological polar surface area (TPSA) is 79.2 Å². The van der Waals surface area contributed by atoms with Crippen molar-refractivity contribution in [3.63, 3.8) is 0 Å². The molecular formula is C22H15FN2O3. The van der Waals surface area contributed by atoms with E-state index in [1.165, 1.54) is 36.4 Å². The molecule has 0 fully saturated rings. The molecule has 0 aromatic heterocycles. The smallest absolute Gasteiger partial charge is 0.339 e. The molecule has 1 amide bonds. The van der Waals surface area contributed by atoms with Crippen LogP contribution >= 0.6 is 0 Å². The van der Waals surface area contributed by atoms with E-state index in [-0.39, 0.29) is 5.56 Å². The predicted molar refractivity (Wildman–Crippen MR) is 101 cm³/mol. The summed E-state index contributed by atoms with van der Waals surface area (Å²) >= 11 is 0. The van der Waals surface area contributed by atoms with Crippen molar-refractivity contribution in [2.75, 3.05) is 5.32 Å². The number of carbonyl (C=O) groups is 2. The molecule has 6 heteroatoms. The summed E-state index contributed by atoms with van der Waals surface area (Å²) in [5.74, 6) is -1.75. The Morgan fingerprint density at radius 2 is 1.68 bits per heavy atom. The number of anilines is 1. The van der Waals surface area contributed by atoms with Gasteiger partial charge in [0.05, 0.1) is 17.2 Å². The molecule has 1 N–H and O–H groups in total. The molecule has 0 heterocycles. The van der Waals surface area contributed by atoms with Crippen molar-refractivity contribution in [2.24, 2.45) is 0 Å². The van der Waals surface area contributed by atoms with Crippen LogP contribution in [0, 0.1) is 17.1 Å². The molecule has 0 radical (unpaired) electrons. The maximum absolute atomic E-state index is 13.1. The summed E-state index contributed by atoms with van der Waals surface area (Å²) in [6.07, 6.45) is -1.22. The van der Waals surface area contributed by atoms with Gasteiger partial charge in [0.25, 0.3) is 5.91 Å². The van der Waals surface area contributed by atoms with Crippen molar-refractivity contribution in [3.05, 3.63) is 101 Å². The van der Waals surface area contributed by atoms with E-state index >= 15 is 0 Å². The molecule has 0 saturated heterocycles. The number of carbonyl (C=O) groups excluding carboxylic acids is 2. The summed E-state index contributed by atoms with van der Waals surface area (Å²) in [5.41, 5.74) is 1.32. The van der Waals surface area contributed by atoms with Gasteiger partial charge in [-0.25, -0.2) is 9.18 Å². The van der Waals surface area contributed by atoms with E-state index in [0.29, 0.717) is 16.8 Å². The lowest BCUT2D eigenvalue weighted by atomic mass is 10.1. The third-order valence-electron chi connectivity index (χ3n) is 3.90. The Morgan fingerprint density at radius 1 is 0.964 bits per heavy atom. The number of esters is 1. The highest BCUT2D eigenvalue weighted by Crippen LogP contribution is 2.22. The van der Waals surface area contributed by atoms with Crippen molar-refractivity contribution in [3.8, 4) is 6.07 Å². The predicted octanol–water partition coefficient (Wildman–Crippen LogP) is 4.23. The minimum atomic E-state index is -1.22. The van der Waals surface area contributed by atoms with Crippen LogP contribution in [0.2, 0.25) is 0 Å². The van der Waals surface area contributed by atoms with Crippen molar-refractivity contribution in [1.29, 1.82) is 5.26 Å². The normalized spacial score (nSPS) is 11.1. The Bertz CT molecular complexity index is 1030. The number of halogens is 1. The van der Waals surface area contributed by atoms with Gasteiger partial charge in [-0.05, 0) is 42.5 Å². The quantitative estimate of drug-likeness (QED) is 0.678. The number of nitriles is 1. The third-order valence-corrected chi connectivity index (χ3v) is 3.90. The molecule has 0 saturated carbocycles. The number of ether oxygens (including phenoxy) is 1. The zero-order valence-electron chi connectivity index (χ0n) is 14.6. The van der Waals surface area contributed by atoms with E-state index in [4.69, 9.17) is 10.00 Å². The van der Waals surface area contributed by atoms with E-state index in [0.717, 1.165) is 0 Å². The van der Waals surface area contributed by atoms with E-state index in [2.05, 4.69) is 5.32 Å². The SMILES string of the molecule is N#Cc1cccc(C(=O)O[C@@H](C(=O)Nc2ccc(F)cc2)c2ccccc2)c1. The summed E-state index contributed by atoms with van der Waals surface area (Å²) in [7, 11) is 0. The van der Waals surface area contributed by atoms with E-state index < -0.39 is 23.8 Å². The van der Waals surface area contributed by atoms with Crippen molar-refractivity contribution >= 4 is 17.6 Å². The van der Waals surface area contributed by atoms with Crippen molar-refractivity contribution < 1.29 is 18.7 Å². The molecule has 138 valence electrons. The first kappa shape index (κ1) is 18.8. The number of nitrogens with one attached hydrogen (secondary N) is 1. The fraction of sp³-hybridized carbons (Fsp3) is 0.0455. The largest absolute Gasteiger partial charge is 0.444 e. The Kier molecular flexibility index (Phi) is 5.78. The molecule has 0 bridgehead atoms. The summed E-state index contributed by atoms with van der Waals surface area (Å²) < 4.78 is 18.5. The van der Waals surface area contributed by atoms with Gasteiger partial charge >= 0.3 is 5.97 Å². The zero-order valence-corrected chi connectivity index (χ0v) is 14.6. The zero-order chi connectivity index (χ0) is 19.9. The third kappa shape index (κ3) is 4.59. The molecule has 0 aliphatic rings. The van der Waals surface area contributed by atoms with Crippen LogP contribution in [0.25, 0.3) is 0 Å². The highest BCUT2D eigenvalue weighted by atomic mass is 19.1. The maximum Gasteiger partial charge on any atom is 0.339 e. The van der Waals surface area contributed by atoms with Crippen LogP contribution < -0.4 is 5.32 Å². The molecule has 1 atom stereocenters. The number of nitrogens with zero attached hydrogens (tertiary/aromatic N) is 1. The van der Waals surface area contributed by atoms with Gasteiger partial charge in [-0.15, -0.1) is 0 Å². The Hall–Kier alpha value is -3.98. The average Bonchev–Trinajstić information content (AvgIpc) is 2.74. The molecule has 0 spiro atoms. The van der Waals surface area contributed by atoms with Gasteiger partial charge < -0.3 is 10.1 Å². The van der Waals surface area contributed by atoms with Crippen molar-refractivity contribution in [1.82, 2.24) is 0 Å². The van der Waals surface area contributed by atoms with Crippen molar-refractivity contribution in [2.45, 2.75) is 6.10 Å². The highest BCUT2D eigenvalue weighted by Gasteiger charge is 2.26. The molecule has 5 nitrogen and oxygen atoms in total. The lowest BCUT2D eigenvalue weighted by Gasteiger charge is -2.18. The van der Waals surface area contributed by atoms with Gasteiger partial charge in [-0.2, -0.15) is 5.26 Å². The molecule has 3 aromatic carbocycles. The van der Waals surface area contributed by atoms with Crippen LogP contribution in [-0.4, -0.2) is 11.9 Å². The fourth-order valence-electron chi connectivity index (χ4n) is 2.53. The van der Waals surface area contributed by atoms with Crippen LogP contribution in [0.4, 0.5) is 10.1 Å².